The van der Waals surface area contributed by atoms with Gasteiger partial charge in [-0.2, -0.15) is 5.10 Å². The zero-order valence-electron chi connectivity index (χ0n) is 16.2. The topological polar surface area (TPSA) is 67.2 Å². The Morgan fingerprint density at radius 2 is 1.76 bits per heavy atom. The van der Waals surface area contributed by atoms with Crippen molar-refractivity contribution in [1.82, 2.24) is 9.78 Å². The van der Waals surface area contributed by atoms with Gasteiger partial charge < -0.3 is 10.2 Å². The molecule has 6 nitrogen and oxygen atoms in total. The zero-order valence-corrected chi connectivity index (χ0v) is 16.2. The Labute approximate surface area is 166 Å². The van der Waals surface area contributed by atoms with Crippen LogP contribution in [-0.4, -0.2) is 29.8 Å². The molecule has 0 fully saturated rings. The molecule has 0 radical (unpaired) electrons. The Morgan fingerprint density at radius 1 is 1.07 bits per heavy atom. The molecule has 3 aromatic rings. The van der Waals surface area contributed by atoms with Crippen molar-refractivity contribution < 1.29 is 13.6 Å². The van der Waals surface area contributed by atoms with E-state index in [0.29, 0.717) is 11.8 Å². The van der Waals surface area contributed by atoms with E-state index < -0.39 is 29.1 Å². The lowest BCUT2D eigenvalue weighted by molar-refractivity contribution is -0.119. The number of nitrogens with one attached hydrogen (secondary N) is 1. The first-order valence-electron chi connectivity index (χ1n) is 8.89. The lowest BCUT2D eigenvalue weighted by atomic mass is 10.1. The summed E-state index contributed by atoms with van der Waals surface area (Å²) < 4.78 is 27.7. The number of nitrogens with zero attached hydrogens (tertiary/aromatic N) is 3. The number of amides is 1. The smallest absolute Gasteiger partial charge is 0.267 e. The van der Waals surface area contributed by atoms with Crippen LogP contribution in [0.4, 0.5) is 20.2 Å². The van der Waals surface area contributed by atoms with Gasteiger partial charge in [0.2, 0.25) is 5.91 Å². The molecule has 2 aromatic carbocycles. The van der Waals surface area contributed by atoms with E-state index in [4.69, 9.17) is 0 Å². The summed E-state index contributed by atoms with van der Waals surface area (Å²) in [6.45, 7) is 1.49. The van der Waals surface area contributed by atoms with Crippen LogP contribution >= 0.6 is 0 Å². The second-order valence-corrected chi connectivity index (χ2v) is 6.77. The predicted molar refractivity (Wildman–Crippen MR) is 108 cm³/mol. The van der Waals surface area contributed by atoms with Crippen LogP contribution in [0.15, 0.2) is 59.4 Å². The number of hydrogen-bond donors (Lipinski definition) is 1. The summed E-state index contributed by atoms with van der Waals surface area (Å²) in [4.78, 5) is 26.7. The largest absolute Gasteiger partial charge is 0.378 e. The van der Waals surface area contributed by atoms with Gasteiger partial charge in [-0.1, -0.05) is 12.1 Å². The highest BCUT2D eigenvalue weighted by atomic mass is 19.1. The van der Waals surface area contributed by atoms with Crippen molar-refractivity contribution in [3.05, 3.63) is 76.6 Å². The fourth-order valence-corrected chi connectivity index (χ4v) is 2.78. The Bertz CT molecular complexity index is 1090. The molecular formula is C21H20F2N4O2. The molecule has 0 spiro atoms. The SMILES string of the molecule is CC(C(=O)Nc1cc(F)cc(F)c1)n1nc(-c2cccc(N(C)C)c2)ccc1=O. The molecule has 0 aliphatic heterocycles. The minimum absolute atomic E-state index is 0.0396. The number of carbonyl (C=O) groups is 1. The maximum Gasteiger partial charge on any atom is 0.267 e. The first kappa shape index (κ1) is 20.2. The minimum Gasteiger partial charge on any atom is -0.378 e. The maximum absolute atomic E-state index is 13.3. The highest BCUT2D eigenvalue weighted by Crippen LogP contribution is 2.22. The molecule has 1 N–H and O–H groups in total. The number of anilines is 2. The quantitative estimate of drug-likeness (QED) is 0.715. The number of hydrogen-bond acceptors (Lipinski definition) is 4. The van der Waals surface area contributed by atoms with E-state index in [0.717, 1.165) is 28.1 Å². The second kappa shape index (κ2) is 8.22. The van der Waals surface area contributed by atoms with Crippen molar-refractivity contribution in [2.45, 2.75) is 13.0 Å². The summed E-state index contributed by atoms with van der Waals surface area (Å²) in [5.41, 5.74) is 1.75. The second-order valence-electron chi connectivity index (χ2n) is 6.77. The number of carbonyl (C=O) groups excluding carboxylic acids is 1. The van der Waals surface area contributed by atoms with Crippen LogP contribution in [0.1, 0.15) is 13.0 Å². The molecule has 0 aliphatic rings. The minimum atomic E-state index is -0.995. The molecule has 8 heteroatoms. The van der Waals surface area contributed by atoms with Gasteiger partial charge in [0.25, 0.3) is 5.56 Å². The highest BCUT2D eigenvalue weighted by Gasteiger charge is 2.19. The van der Waals surface area contributed by atoms with Crippen molar-refractivity contribution in [2.24, 2.45) is 0 Å². The normalized spacial score (nSPS) is 11.8. The summed E-state index contributed by atoms with van der Waals surface area (Å²) in [5.74, 6) is -2.25. The standard InChI is InChI=1S/C21H20F2N4O2/c1-13(21(29)24-17-11-15(22)10-16(23)12-17)27-20(28)8-7-19(25-27)14-5-4-6-18(9-14)26(2)3/h4-13H,1-3H3,(H,24,29). The number of rotatable bonds is 5. The van der Waals surface area contributed by atoms with Crippen molar-refractivity contribution in [3.8, 4) is 11.3 Å². The molecule has 3 rings (SSSR count). The molecule has 29 heavy (non-hydrogen) atoms. The Hall–Kier alpha value is -3.55. The molecule has 0 aliphatic carbocycles. The first-order chi connectivity index (χ1) is 13.7. The summed E-state index contributed by atoms with van der Waals surface area (Å²) in [6, 6.07) is 12.2. The lowest BCUT2D eigenvalue weighted by Crippen LogP contribution is -2.33. The van der Waals surface area contributed by atoms with Crippen LogP contribution < -0.4 is 15.8 Å². The van der Waals surface area contributed by atoms with E-state index in [9.17, 15) is 18.4 Å². The lowest BCUT2D eigenvalue weighted by Gasteiger charge is -2.16. The molecule has 0 saturated heterocycles. The molecule has 0 saturated carbocycles. The Kier molecular flexibility index (Phi) is 5.72. The van der Waals surface area contributed by atoms with Crippen molar-refractivity contribution in [3.63, 3.8) is 0 Å². The highest BCUT2D eigenvalue weighted by molar-refractivity contribution is 5.93. The van der Waals surface area contributed by atoms with Crippen LogP contribution in [0.2, 0.25) is 0 Å². The van der Waals surface area contributed by atoms with E-state index in [1.807, 2.05) is 43.3 Å². The van der Waals surface area contributed by atoms with Crippen molar-refractivity contribution in [2.75, 3.05) is 24.3 Å². The van der Waals surface area contributed by atoms with Gasteiger partial charge in [-0.05, 0) is 37.3 Å². The van der Waals surface area contributed by atoms with Gasteiger partial charge >= 0.3 is 0 Å². The maximum atomic E-state index is 13.3. The predicted octanol–water partition coefficient (Wildman–Crippen LogP) is 3.45. The van der Waals surface area contributed by atoms with E-state index in [-0.39, 0.29) is 5.69 Å². The molecule has 1 heterocycles. The fourth-order valence-electron chi connectivity index (χ4n) is 2.78. The van der Waals surface area contributed by atoms with E-state index >= 15 is 0 Å². The Morgan fingerprint density at radius 3 is 2.41 bits per heavy atom. The van der Waals surface area contributed by atoms with Crippen molar-refractivity contribution in [1.29, 1.82) is 0 Å². The molecule has 1 aromatic heterocycles. The molecular weight excluding hydrogens is 378 g/mol. The van der Waals surface area contributed by atoms with Crippen LogP contribution in [0.3, 0.4) is 0 Å². The van der Waals surface area contributed by atoms with E-state index in [2.05, 4.69) is 10.4 Å². The monoisotopic (exact) mass is 398 g/mol. The van der Waals surface area contributed by atoms with E-state index in [1.54, 1.807) is 6.07 Å². The molecule has 1 atom stereocenters. The first-order valence-corrected chi connectivity index (χ1v) is 8.89. The Balaban J connectivity index is 1.90. The summed E-state index contributed by atoms with van der Waals surface area (Å²) in [7, 11) is 3.82. The van der Waals surface area contributed by atoms with Crippen LogP contribution in [0.25, 0.3) is 11.3 Å². The molecule has 0 bridgehead atoms. The van der Waals surface area contributed by atoms with Gasteiger partial charge in [-0.3, -0.25) is 9.59 Å². The molecule has 1 amide bonds. The number of benzene rings is 2. The molecule has 1 unspecified atom stereocenters. The summed E-state index contributed by atoms with van der Waals surface area (Å²) >= 11 is 0. The van der Waals surface area contributed by atoms with Crippen LogP contribution in [0, 0.1) is 11.6 Å². The van der Waals surface area contributed by atoms with Gasteiger partial charge in [-0.25, -0.2) is 13.5 Å². The fraction of sp³-hybridized carbons (Fsp3) is 0.190. The number of halogens is 2. The van der Waals surface area contributed by atoms with Crippen LogP contribution in [0.5, 0.6) is 0 Å². The van der Waals surface area contributed by atoms with Crippen molar-refractivity contribution >= 4 is 17.3 Å². The zero-order chi connectivity index (χ0) is 21.1. The third-order valence-electron chi connectivity index (χ3n) is 4.36. The average Bonchev–Trinajstić information content (AvgIpc) is 2.67. The third kappa shape index (κ3) is 4.66. The number of aromatic nitrogens is 2. The van der Waals surface area contributed by atoms with Gasteiger partial charge in [0, 0.05) is 43.2 Å². The van der Waals surface area contributed by atoms with Gasteiger partial charge in [0.1, 0.15) is 17.7 Å². The summed E-state index contributed by atoms with van der Waals surface area (Å²) in [5, 5.41) is 6.72. The van der Waals surface area contributed by atoms with Gasteiger partial charge in [0.15, 0.2) is 0 Å². The molecule has 150 valence electrons. The third-order valence-corrected chi connectivity index (χ3v) is 4.36. The average molecular weight is 398 g/mol. The van der Waals surface area contributed by atoms with Gasteiger partial charge in [0.05, 0.1) is 5.69 Å². The van der Waals surface area contributed by atoms with Gasteiger partial charge in [-0.15, -0.1) is 0 Å². The summed E-state index contributed by atoms with van der Waals surface area (Å²) in [6.07, 6.45) is 0. The van der Waals surface area contributed by atoms with E-state index in [1.165, 1.54) is 13.0 Å². The van der Waals surface area contributed by atoms with Crippen LogP contribution in [-0.2, 0) is 4.79 Å².